The zero-order chi connectivity index (χ0) is 17.3. The van der Waals surface area contributed by atoms with Crippen LogP contribution in [0.4, 0.5) is 4.39 Å². The van der Waals surface area contributed by atoms with E-state index in [0.29, 0.717) is 18.0 Å². The Labute approximate surface area is 148 Å². The van der Waals surface area contributed by atoms with Crippen LogP contribution in [0.25, 0.3) is 0 Å². The first-order valence-corrected chi connectivity index (χ1v) is 8.33. The molecule has 2 heterocycles. The molecule has 0 bridgehead atoms. The van der Waals surface area contributed by atoms with Crippen LogP contribution in [0, 0.1) is 11.7 Å². The second-order valence-corrected chi connectivity index (χ2v) is 6.65. The Morgan fingerprint density at radius 1 is 1.25 bits per heavy atom. The number of Topliss-reactive ketones (excluding diaryl/α,β-unsaturated/α-hetero) is 1. The highest BCUT2D eigenvalue weighted by Gasteiger charge is 2.24. The van der Waals surface area contributed by atoms with Crippen molar-refractivity contribution in [2.45, 2.75) is 12.8 Å². The third-order valence-corrected chi connectivity index (χ3v) is 4.76. The number of rotatable bonds is 5. The fourth-order valence-corrected chi connectivity index (χ4v) is 3.22. The predicted molar refractivity (Wildman–Crippen MR) is 90.6 cm³/mol. The molecule has 126 valence electrons. The smallest absolute Gasteiger partial charge is 0.199 e. The molecule has 0 unspecified atom stereocenters. The topological polar surface area (TPSA) is 62.0 Å². The van der Waals surface area contributed by atoms with Crippen molar-refractivity contribution >= 4 is 34.8 Å². The molecule has 24 heavy (non-hydrogen) atoms. The van der Waals surface area contributed by atoms with Gasteiger partial charge in [-0.25, -0.2) is 4.39 Å². The van der Waals surface area contributed by atoms with Crippen LogP contribution < -0.4 is 5.32 Å². The van der Waals surface area contributed by atoms with Crippen LogP contribution in [-0.2, 0) is 0 Å². The molecule has 1 saturated heterocycles. The van der Waals surface area contributed by atoms with Crippen molar-refractivity contribution in [2.75, 3.05) is 13.1 Å². The van der Waals surface area contributed by atoms with Crippen molar-refractivity contribution in [1.82, 2.24) is 10.3 Å². The summed E-state index contributed by atoms with van der Waals surface area (Å²) in [5.41, 5.74) is 0.219. The van der Waals surface area contributed by atoms with E-state index in [1.807, 2.05) is 0 Å². The molecule has 1 aliphatic heterocycles. The largest absolute Gasteiger partial charge is 0.358 e. The van der Waals surface area contributed by atoms with Gasteiger partial charge in [0.25, 0.3) is 0 Å². The standard InChI is InChI=1S/C17H15Cl2FN2O2/c18-11-1-2-12(19)16(20)15(11)17(24)10-6-13(22-8-10)14(23)5-9-3-4-21-7-9/h1-2,6,8-9,21-22H,3-5,7H2/t9-/m1/s1. The summed E-state index contributed by atoms with van der Waals surface area (Å²) in [5, 5.41) is 3.01. The van der Waals surface area contributed by atoms with E-state index in [0.717, 1.165) is 19.5 Å². The van der Waals surface area contributed by atoms with Gasteiger partial charge in [-0.3, -0.25) is 9.59 Å². The van der Waals surface area contributed by atoms with Crippen molar-refractivity contribution in [3.63, 3.8) is 0 Å². The molecule has 3 rings (SSSR count). The summed E-state index contributed by atoms with van der Waals surface area (Å²) in [4.78, 5) is 27.6. The molecule has 7 heteroatoms. The van der Waals surface area contributed by atoms with Gasteiger partial charge >= 0.3 is 0 Å². The number of carbonyl (C=O) groups is 2. The van der Waals surface area contributed by atoms with Crippen molar-refractivity contribution in [3.8, 4) is 0 Å². The maximum absolute atomic E-state index is 14.1. The minimum atomic E-state index is -0.861. The van der Waals surface area contributed by atoms with Gasteiger partial charge in [-0.05, 0) is 43.6 Å². The van der Waals surface area contributed by atoms with E-state index in [1.165, 1.54) is 24.4 Å². The van der Waals surface area contributed by atoms with E-state index in [2.05, 4.69) is 10.3 Å². The molecule has 0 radical (unpaired) electrons. The number of hydrogen-bond acceptors (Lipinski definition) is 3. The number of carbonyl (C=O) groups excluding carboxylic acids is 2. The number of aromatic amines is 1. The maximum Gasteiger partial charge on any atom is 0.199 e. The Balaban J connectivity index is 1.81. The average Bonchev–Trinajstić information content (AvgIpc) is 3.22. The molecule has 0 spiro atoms. The molecule has 4 nitrogen and oxygen atoms in total. The van der Waals surface area contributed by atoms with E-state index in [-0.39, 0.29) is 27.0 Å². The van der Waals surface area contributed by atoms with Crippen molar-refractivity contribution in [3.05, 3.63) is 57.1 Å². The lowest BCUT2D eigenvalue weighted by molar-refractivity contribution is 0.0960. The van der Waals surface area contributed by atoms with Gasteiger partial charge in [-0.2, -0.15) is 0 Å². The Morgan fingerprint density at radius 2 is 2.00 bits per heavy atom. The second kappa shape index (κ2) is 7.05. The number of ketones is 2. The molecule has 1 atom stereocenters. The third kappa shape index (κ3) is 3.38. The van der Waals surface area contributed by atoms with E-state index in [1.54, 1.807) is 0 Å². The number of benzene rings is 1. The van der Waals surface area contributed by atoms with Crippen molar-refractivity contribution < 1.29 is 14.0 Å². The Kier molecular flexibility index (Phi) is 5.04. The first kappa shape index (κ1) is 17.1. The van der Waals surface area contributed by atoms with Gasteiger partial charge in [0.15, 0.2) is 17.4 Å². The number of H-pyrrole nitrogens is 1. The molecular formula is C17H15Cl2FN2O2. The summed E-state index contributed by atoms with van der Waals surface area (Å²) in [6.45, 7) is 1.74. The van der Waals surface area contributed by atoms with Gasteiger partial charge in [-0.1, -0.05) is 23.2 Å². The van der Waals surface area contributed by atoms with Gasteiger partial charge in [0, 0.05) is 18.2 Å². The van der Waals surface area contributed by atoms with E-state index < -0.39 is 11.6 Å². The van der Waals surface area contributed by atoms with Crippen LogP contribution in [0.15, 0.2) is 24.4 Å². The van der Waals surface area contributed by atoms with Crippen LogP contribution in [-0.4, -0.2) is 29.6 Å². The highest BCUT2D eigenvalue weighted by Crippen LogP contribution is 2.28. The second-order valence-electron chi connectivity index (χ2n) is 5.84. The molecule has 1 fully saturated rings. The normalized spacial score (nSPS) is 17.2. The van der Waals surface area contributed by atoms with E-state index in [4.69, 9.17) is 23.2 Å². The van der Waals surface area contributed by atoms with Gasteiger partial charge in [-0.15, -0.1) is 0 Å². The van der Waals surface area contributed by atoms with Crippen molar-refractivity contribution in [1.29, 1.82) is 0 Å². The summed E-state index contributed by atoms with van der Waals surface area (Å²) >= 11 is 11.6. The number of aromatic nitrogens is 1. The fraction of sp³-hybridized carbons (Fsp3) is 0.294. The Hall–Kier alpha value is -1.69. The van der Waals surface area contributed by atoms with Gasteiger partial charge in [0.2, 0.25) is 0 Å². The van der Waals surface area contributed by atoms with Crippen LogP contribution in [0.3, 0.4) is 0 Å². The Morgan fingerprint density at radius 3 is 2.71 bits per heavy atom. The van der Waals surface area contributed by atoms with Crippen LogP contribution in [0.5, 0.6) is 0 Å². The summed E-state index contributed by atoms with van der Waals surface area (Å²) in [6, 6.07) is 4.09. The lowest BCUT2D eigenvalue weighted by Gasteiger charge is -2.05. The number of nitrogens with one attached hydrogen (secondary N) is 2. The maximum atomic E-state index is 14.1. The van der Waals surface area contributed by atoms with Crippen LogP contribution in [0.1, 0.15) is 39.3 Å². The number of halogens is 3. The predicted octanol–water partition coefficient (Wildman–Crippen LogP) is 3.87. The quantitative estimate of drug-likeness (QED) is 0.621. The summed E-state index contributed by atoms with van der Waals surface area (Å²) in [5.74, 6) is -1.24. The summed E-state index contributed by atoms with van der Waals surface area (Å²) in [7, 11) is 0. The van der Waals surface area contributed by atoms with Gasteiger partial charge in [0.1, 0.15) is 0 Å². The van der Waals surface area contributed by atoms with Gasteiger partial charge in [0.05, 0.1) is 21.3 Å². The summed E-state index contributed by atoms with van der Waals surface area (Å²) < 4.78 is 14.1. The lowest BCUT2D eigenvalue weighted by Crippen LogP contribution is -2.13. The molecule has 1 aromatic carbocycles. The Bertz CT molecular complexity index is 798. The first-order valence-electron chi connectivity index (χ1n) is 7.58. The zero-order valence-corrected chi connectivity index (χ0v) is 14.2. The molecular weight excluding hydrogens is 354 g/mol. The first-order chi connectivity index (χ1) is 11.5. The fourth-order valence-electron chi connectivity index (χ4n) is 2.83. The molecule has 0 amide bonds. The van der Waals surface area contributed by atoms with Crippen LogP contribution in [0.2, 0.25) is 10.0 Å². The third-order valence-electron chi connectivity index (χ3n) is 4.15. The summed E-state index contributed by atoms with van der Waals surface area (Å²) in [6.07, 6.45) is 2.76. The number of hydrogen-bond donors (Lipinski definition) is 2. The molecule has 2 N–H and O–H groups in total. The molecule has 1 aromatic heterocycles. The minimum Gasteiger partial charge on any atom is -0.358 e. The van der Waals surface area contributed by atoms with E-state index in [9.17, 15) is 14.0 Å². The zero-order valence-electron chi connectivity index (χ0n) is 12.7. The van der Waals surface area contributed by atoms with Gasteiger partial charge < -0.3 is 10.3 Å². The average molecular weight is 369 g/mol. The molecule has 2 aromatic rings. The molecule has 1 aliphatic rings. The highest BCUT2D eigenvalue weighted by atomic mass is 35.5. The molecule has 0 saturated carbocycles. The monoisotopic (exact) mass is 368 g/mol. The van der Waals surface area contributed by atoms with Crippen molar-refractivity contribution in [2.24, 2.45) is 5.92 Å². The van der Waals surface area contributed by atoms with E-state index >= 15 is 0 Å². The lowest BCUT2D eigenvalue weighted by atomic mass is 9.99. The van der Waals surface area contributed by atoms with Crippen LogP contribution >= 0.6 is 23.2 Å². The highest BCUT2D eigenvalue weighted by molar-refractivity contribution is 6.37. The molecule has 0 aliphatic carbocycles. The minimum absolute atomic E-state index is 0.0204. The SMILES string of the molecule is O=C(C[C@H]1CCNC1)c1cc(C(=O)c2c(Cl)ccc(Cl)c2F)c[nH]1.